The molecule has 0 spiro atoms. The molecule has 1 aromatic rings. The smallest absolute Gasteiger partial charge is 0.0947 e. The second-order valence-corrected chi connectivity index (χ2v) is 5.48. The van der Waals surface area contributed by atoms with Gasteiger partial charge in [-0.15, -0.1) is 0 Å². The van der Waals surface area contributed by atoms with Crippen molar-refractivity contribution >= 4 is 0 Å². The normalized spacial score (nSPS) is 20.1. The van der Waals surface area contributed by atoms with Crippen LogP contribution in [0.4, 0.5) is 0 Å². The molecule has 1 aromatic heterocycles. The Kier molecular flexibility index (Phi) is 5.26. The maximum atomic E-state index is 5.09. The van der Waals surface area contributed by atoms with E-state index >= 15 is 0 Å². The van der Waals surface area contributed by atoms with Crippen LogP contribution in [0.25, 0.3) is 0 Å². The summed E-state index contributed by atoms with van der Waals surface area (Å²) in [5, 5.41) is 3.62. The first-order valence-corrected chi connectivity index (χ1v) is 7.26. The summed E-state index contributed by atoms with van der Waals surface area (Å²) in [6.45, 7) is 9.32. The van der Waals surface area contributed by atoms with Crippen molar-refractivity contribution in [2.24, 2.45) is 5.92 Å². The first-order valence-electron chi connectivity index (χ1n) is 7.26. The zero-order valence-corrected chi connectivity index (χ0v) is 11.7. The van der Waals surface area contributed by atoms with Gasteiger partial charge in [-0.25, -0.2) is 0 Å². The summed E-state index contributed by atoms with van der Waals surface area (Å²) in [5.41, 5.74) is 1.24. The van der Waals surface area contributed by atoms with E-state index in [9.17, 15) is 0 Å². The first-order chi connectivity index (χ1) is 8.79. The van der Waals surface area contributed by atoms with E-state index in [0.29, 0.717) is 6.04 Å². The summed E-state index contributed by atoms with van der Waals surface area (Å²) in [6.07, 6.45) is 7.51. The van der Waals surface area contributed by atoms with Gasteiger partial charge in [0.1, 0.15) is 0 Å². The Morgan fingerprint density at radius 1 is 1.44 bits per heavy atom. The number of piperidine rings is 1. The number of furan rings is 1. The number of nitrogens with zero attached hydrogens (tertiary/aromatic N) is 1. The Balaban J connectivity index is 1.69. The molecule has 1 saturated heterocycles. The standard InChI is InChI=1S/C15H26N2O/c1-3-7-17-8-4-15(5-9-17)13(2)16-11-14-6-10-18-12-14/h6,10,12-13,15-16H,3-5,7-9,11H2,1-2H3. The van der Waals surface area contributed by atoms with Gasteiger partial charge in [0.15, 0.2) is 0 Å². The van der Waals surface area contributed by atoms with Crippen LogP contribution in [0.2, 0.25) is 0 Å². The highest BCUT2D eigenvalue weighted by Gasteiger charge is 2.22. The summed E-state index contributed by atoms with van der Waals surface area (Å²) >= 11 is 0. The number of hydrogen-bond donors (Lipinski definition) is 1. The van der Waals surface area contributed by atoms with E-state index in [1.165, 1.54) is 44.5 Å². The summed E-state index contributed by atoms with van der Waals surface area (Å²) in [4.78, 5) is 2.60. The number of rotatable bonds is 6. The van der Waals surface area contributed by atoms with Crippen molar-refractivity contribution in [3.05, 3.63) is 24.2 Å². The number of nitrogens with one attached hydrogen (secondary N) is 1. The van der Waals surface area contributed by atoms with Gasteiger partial charge in [0.2, 0.25) is 0 Å². The van der Waals surface area contributed by atoms with Crippen LogP contribution in [0.15, 0.2) is 23.0 Å². The van der Waals surface area contributed by atoms with E-state index in [0.717, 1.165) is 12.5 Å². The Morgan fingerprint density at radius 3 is 2.83 bits per heavy atom. The van der Waals surface area contributed by atoms with E-state index in [2.05, 4.69) is 24.1 Å². The molecule has 1 unspecified atom stereocenters. The average molecular weight is 250 g/mol. The monoisotopic (exact) mass is 250 g/mol. The fourth-order valence-electron chi connectivity index (χ4n) is 2.83. The van der Waals surface area contributed by atoms with Crippen LogP contribution in [-0.2, 0) is 6.54 Å². The van der Waals surface area contributed by atoms with Crippen LogP contribution in [-0.4, -0.2) is 30.6 Å². The molecular formula is C15H26N2O. The SMILES string of the molecule is CCCN1CCC(C(C)NCc2ccoc2)CC1. The molecule has 0 aromatic carbocycles. The van der Waals surface area contributed by atoms with Crippen LogP contribution in [0, 0.1) is 5.92 Å². The van der Waals surface area contributed by atoms with Crippen molar-refractivity contribution in [3.63, 3.8) is 0 Å². The van der Waals surface area contributed by atoms with E-state index in [-0.39, 0.29) is 0 Å². The van der Waals surface area contributed by atoms with Crippen LogP contribution < -0.4 is 5.32 Å². The minimum Gasteiger partial charge on any atom is -0.472 e. The van der Waals surface area contributed by atoms with Gasteiger partial charge in [0, 0.05) is 18.2 Å². The van der Waals surface area contributed by atoms with Gasteiger partial charge in [-0.2, -0.15) is 0 Å². The molecule has 0 bridgehead atoms. The van der Waals surface area contributed by atoms with E-state index < -0.39 is 0 Å². The second kappa shape index (κ2) is 6.95. The van der Waals surface area contributed by atoms with Gasteiger partial charge in [-0.05, 0) is 57.8 Å². The molecule has 0 radical (unpaired) electrons. The Bertz CT molecular complexity index is 315. The fourth-order valence-corrected chi connectivity index (χ4v) is 2.83. The average Bonchev–Trinajstić information content (AvgIpc) is 2.90. The lowest BCUT2D eigenvalue weighted by Gasteiger charge is -2.35. The van der Waals surface area contributed by atoms with Gasteiger partial charge < -0.3 is 14.6 Å². The highest BCUT2D eigenvalue weighted by atomic mass is 16.3. The van der Waals surface area contributed by atoms with Crippen molar-refractivity contribution in [1.29, 1.82) is 0 Å². The largest absolute Gasteiger partial charge is 0.472 e. The summed E-state index contributed by atoms with van der Waals surface area (Å²) < 4.78 is 5.09. The maximum Gasteiger partial charge on any atom is 0.0947 e. The third-order valence-corrected chi connectivity index (χ3v) is 4.09. The molecule has 1 aliphatic heterocycles. The van der Waals surface area contributed by atoms with Gasteiger partial charge in [0.05, 0.1) is 12.5 Å². The zero-order valence-electron chi connectivity index (χ0n) is 11.7. The molecule has 1 aliphatic rings. The molecule has 0 aliphatic carbocycles. The Labute approximate surface area is 111 Å². The number of hydrogen-bond acceptors (Lipinski definition) is 3. The molecular weight excluding hydrogens is 224 g/mol. The van der Waals surface area contributed by atoms with Gasteiger partial charge in [-0.3, -0.25) is 0 Å². The maximum absolute atomic E-state index is 5.09. The van der Waals surface area contributed by atoms with Crippen molar-refractivity contribution < 1.29 is 4.42 Å². The molecule has 1 atom stereocenters. The molecule has 3 nitrogen and oxygen atoms in total. The third kappa shape index (κ3) is 3.85. The Morgan fingerprint density at radius 2 is 2.22 bits per heavy atom. The molecule has 1 fully saturated rings. The molecule has 18 heavy (non-hydrogen) atoms. The minimum atomic E-state index is 0.601. The van der Waals surface area contributed by atoms with Gasteiger partial charge >= 0.3 is 0 Å². The molecule has 1 N–H and O–H groups in total. The highest BCUT2D eigenvalue weighted by Crippen LogP contribution is 2.21. The quantitative estimate of drug-likeness (QED) is 0.841. The zero-order chi connectivity index (χ0) is 12.8. The van der Waals surface area contributed by atoms with E-state index in [1.807, 2.05) is 12.3 Å². The predicted octanol–water partition coefficient (Wildman–Crippen LogP) is 2.88. The van der Waals surface area contributed by atoms with Crippen LogP contribution in [0.1, 0.15) is 38.7 Å². The summed E-state index contributed by atoms with van der Waals surface area (Å²) in [6, 6.07) is 2.63. The predicted molar refractivity (Wildman–Crippen MR) is 74.5 cm³/mol. The Hall–Kier alpha value is -0.800. The third-order valence-electron chi connectivity index (χ3n) is 4.09. The van der Waals surface area contributed by atoms with Crippen molar-refractivity contribution in [1.82, 2.24) is 10.2 Å². The van der Waals surface area contributed by atoms with E-state index in [4.69, 9.17) is 4.42 Å². The van der Waals surface area contributed by atoms with Crippen molar-refractivity contribution in [2.45, 2.75) is 45.7 Å². The molecule has 0 amide bonds. The minimum absolute atomic E-state index is 0.601. The summed E-state index contributed by atoms with van der Waals surface area (Å²) in [5.74, 6) is 0.824. The second-order valence-electron chi connectivity index (χ2n) is 5.48. The van der Waals surface area contributed by atoms with Gasteiger partial charge in [-0.1, -0.05) is 6.92 Å². The first kappa shape index (κ1) is 13.6. The van der Waals surface area contributed by atoms with E-state index in [1.54, 1.807) is 6.26 Å². The van der Waals surface area contributed by atoms with Crippen molar-refractivity contribution in [2.75, 3.05) is 19.6 Å². The molecule has 3 heteroatoms. The van der Waals surface area contributed by atoms with Gasteiger partial charge in [0.25, 0.3) is 0 Å². The van der Waals surface area contributed by atoms with Crippen LogP contribution in [0.3, 0.4) is 0 Å². The fraction of sp³-hybridized carbons (Fsp3) is 0.733. The van der Waals surface area contributed by atoms with Crippen LogP contribution >= 0.6 is 0 Å². The highest BCUT2D eigenvalue weighted by molar-refractivity contribution is 5.04. The lowest BCUT2D eigenvalue weighted by atomic mass is 9.90. The van der Waals surface area contributed by atoms with Crippen LogP contribution in [0.5, 0.6) is 0 Å². The molecule has 2 heterocycles. The van der Waals surface area contributed by atoms with Crippen molar-refractivity contribution in [3.8, 4) is 0 Å². The topological polar surface area (TPSA) is 28.4 Å². The number of likely N-dealkylation sites (tertiary alicyclic amines) is 1. The lowest BCUT2D eigenvalue weighted by molar-refractivity contribution is 0.162. The molecule has 102 valence electrons. The lowest BCUT2D eigenvalue weighted by Crippen LogP contribution is -2.41. The molecule has 0 saturated carbocycles. The molecule has 2 rings (SSSR count). The summed E-state index contributed by atoms with van der Waals surface area (Å²) in [7, 11) is 0.